The summed E-state index contributed by atoms with van der Waals surface area (Å²) < 4.78 is 0.298. The lowest BCUT2D eigenvalue weighted by molar-refractivity contribution is -0.385. The zero-order valence-electron chi connectivity index (χ0n) is 17.3. The number of halogens is 1. The van der Waals surface area contributed by atoms with E-state index < -0.39 is 4.92 Å². The van der Waals surface area contributed by atoms with Gasteiger partial charge in [-0.05, 0) is 51.3 Å². The van der Waals surface area contributed by atoms with Crippen molar-refractivity contribution in [3.63, 3.8) is 0 Å². The Morgan fingerprint density at radius 3 is 1.67 bits per heavy atom. The Hall–Kier alpha value is -3.06. The number of nitro groups is 1. The van der Waals surface area contributed by atoms with E-state index in [0.29, 0.717) is 10.0 Å². The van der Waals surface area contributed by atoms with Gasteiger partial charge in [-0.1, -0.05) is 24.3 Å². The topological polar surface area (TPSA) is 69.9 Å². The van der Waals surface area contributed by atoms with Crippen molar-refractivity contribution in [2.24, 2.45) is 0 Å². The van der Waals surface area contributed by atoms with Gasteiger partial charge in [-0.25, -0.2) is 0 Å². The molecule has 156 valence electrons. The zero-order valence-corrected chi connectivity index (χ0v) is 18.9. The van der Waals surface area contributed by atoms with Crippen LogP contribution in [0, 0.1) is 10.1 Å². The minimum absolute atomic E-state index is 0.000952. The van der Waals surface area contributed by atoms with Gasteiger partial charge in [0.1, 0.15) is 5.75 Å². The Morgan fingerprint density at radius 1 is 0.867 bits per heavy atom. The third kappa shape index (κ3) is 4.41. The van der Waals surface area contributed by atoms with Crippen LogP contribution in [-0.4, -0.2) is 38.2 Å². The zero-order chi connectivity index (χ0) is 22.0. The van der Waals surface area contributed by atoms with Crippen molar-refractivity contribution in [1.29, 1.82) is 0 Å². The minimum atomic E-state index is -0.449. The first-order chi connectivity index (χ1) is 14.2. The van der Waals surface area contributed by atoms with Crippen LogP contribution < -0.4 is 9.80 Å². The molecule has 0 bridgehead atoms. The van der Waals surface area contributed by atoms with Gasteiger partial charge in [0, 0.05) is 63.2 Å². The van der Waals surface area contributed by atoms with E-state index in [0.717, 1.165) is 22.5 Å². The van der Waals surface area contributed by atoms with Crippen molar-refractivity contribution in [3.8, 4) is 5.75 Å². The lowest BCUT2D eigenvalue weighted by Crippen LogP contribution is -2.10. The van der Waals surface area contributed by atoms with E-state index in [1.807, 2.05) is 86.5 Å². The highest BCUT2D eigenvalue weighted by Gasteiger charge is 2.25. The lowest BCUT2D eigenvalue weighted by atomic mass is 9.84. The predicted molar refractivity (Wildman–Crippen MR) is 125 cm³/mol. The van der Waals surface area contributed by atoms with Crippen LogP contribution >= 0.6 is 15.9 Å². The standard InChI is InChI=1S/C23H24BrN3O3/c1-25(2)17-9-5-15(6-10-17)22(16-7-11-18(12-8-16)26(3)4)20-13-19(27(29)30)14-21(24)23(20)28/h5-14,22,28H,1-4H3. The highest BCUT2D eigenvalue weighted by Crippen LogP contribution is 2.43. The van der Waals surface area contributed by atoms with Gasteiger partial charge >= 0.3 is 0 Å². The van der Waals surface area contributed by atoms with Gasteiger partial charge in [0.2, 0.25) is 0 Å². The number of non-ortho nitro benzene ring substituents is 1. The molecule has 0 saturated carbocycles. The summed E-state index contributed by atoms with van der Waals surface area (Å²) in [6, 6.07) is 18.7. The molecule has 0 aliphatic carbocycles. The maximum Gasteiger partial charge on any atom is 0.271 e. The van der Waals surface area contributed by atoms with Crippen LogP contribution in [0.4, 0.5) is 17.1 Å². The van der Waals surface area contributed by atoms with Crippen LogP contribution in [0.1, 0.15) is 22.6 Å². The number of anilines is 2. The summed E-state index contributed by atoms with van der Waals surface area (Å²) in [4.78, 5) is 15.0. The number of aromatic hydroxyl groups is 1. The lowest BCUT2D eigenvalue weighted by Gasteiger charge is -2.22. The molecular weight excluding hydrogens is 446 g/mol. The average molecular weight is 470 g/mol. The van der Waals surface area contributed by atoms with Gasteiger partial charge < -0.3 is 14.9 Å². The van der Waals surface area contributed by atoms with E-state index in [9.17, 15) is 15.2 Å². The molecule has 6 nitrogen and oxygen atoms in total. The molecule has 0 unspecified atom stereocenters. The predicted octanol–water partition coefficient (Wildman–Crippen LogP) is 5.38. The second kappa shape index (κ2) is 8.75. The first-order valence-corrected chi connectivity index (χ1v) is 10.2. The minimum Gasteiger partial charge on any atom is -0.506 e. The van der Waals surface area contributed by atoms with Crippen LogP contribution in [0.25, 0.3) is 0 Å². The van der Waals surface area contributed by atoms with Gasteiger partial charge in [0.25, 0.3) is 5.69 Å². The van der Waals surface area contributed by atoms with Crippen molar-refractivity contribution < 1.29 is 10.0 Å². The second-order valence-electron chi connectivity index (χ2n) is 7.53. The molecular formula is C23H24BrN3O3. The average Bonchev–Trinajstić information content (AvgIpc) is 2.71. The molecule has 0 aromatic heterocycles. The first kappa shape index (κ1) is 21.6. The SMILES string of the molecule is CN(C)c1ccc(C(c2ccc(N(C)C)cc2)c2cc([N+](=O)[O-])cc(Br)c2O)cc1. The van der Waals surface area contributed by atoms with Crippen LogP contribution in [0.5, 0.6) is 5.75 Å². The molecule has 0 radical (unpaired) electrons. The number of phenolic OH excluding ortho intramolecular Hbond substituents is 1. The second-order valence-corrected chi connectivity index (χ2v) is 8.38. The van der Waals surface area contributed by atoms with Crippen molar-refractivity contribution in [2.45, 2.75) is 5.92 Å². The molecule has 0 atom stereocenters. The van der Waals surface area contributed by atoms with Gasteiger partial charge in [0.05, 0.1) is 9.40 Å². The first-order valence-electron chi connectivity index (χ1n) is 9.40. The summed E-state index contributed by atoms with van der Waals surface area (Å²) in [7, 11) is 7.87. The summed E-state index contributed by atoms with van der Waals surface area (Å²) in [5.74, 6) is -0.368. The monoisotopic (exact) mass is 469 g/mol. The number of hydrogen-bond donors (Lipinski definition) is 1. The Bertz CT molecular complexity index is 997. The fourth-order valence-electron chi connectivity index (χ4n) is 3.41. The number of nitrogens with zero attached hydrogens (tertiary/aromatic N) is 3. The third-order valence-electron chi connectivity index (χ3n) is 5.09. The van der Waals surface area contributed by atoms with E-state index in [4.69, 9.17) is 0 Å². The Balaban J connectivity index is 2.21. The fraction of sp³-hybridized carbons (Fsp3) is 0.217. The molecule has 0 amide bonds. The van der Waals surface area contributed by atoms with Gasteiger partial charge in [-0.3, -0.25) is 10.1 Å². The third-order valence-corrected chi connectivity index (χ3v) is 5.69. The normalized spacial score (nSPS) is 10.9. The van der Waals surface area contributed by atoms with Crippen molar-refractivity contribution >= 4 is 33.0 Å². The summed E-state index contributed by atoms with van der Waals surface area (Å²) in [6.07, 6.45) is 0. The fourth-order valence-corrected chi connectivity index (χ4v) is 3.88. The molecule has 0 aliphatic rings. The van der Waals surface area contributed by atoms with Crippen LogP contribution in [0.15, 0.2) is 65.1 Å². The van der Waals surface area contributed by atoms with Crippen LogP contribution in [0.2, 0.25) is 0 Å². The van der Waals surface area contributed by atoms with Gasteiger partial charge in [-0.2, -0.15) is 0 Å². The molecule has 0 saturated heterocycles. The van der Waals surface area contributed by atoms with Crippen molar-refractivity contribution in [3.05, 3.63) is 91.9 Å². The molecule has 0 fully saturated rings. The largest absolute Gasteiger partial charge is 0.506 e. The molecule has 0 spiro atoms. The Morgan fingerprint density at radius 2 is 1.30 bits per heavy atom. The number of hydrogen-bond acceptors (Lipinski definition) is 5. The quantitative estimate of drug-likeness (QED) is 0.298. The molecule has 30 heavy (non-hydrogen) atoms. The summed E-state index contributed by atoms with van der Waals surface area (Å²) in [5.41, 5.74) is 4.36. The van der Waals surface area contributed by atoms with Crippen LogP contribution in [-0.2, 0) is 0 Å². The molecule has 0 heterocycles. The van der Waals surface area contributed by atoms with E-state index in [-0.39, 0.29) is 17.4 Å². The number of rotatable bonds is 6. The number of benzene rings is 3. The highest BCUT2D eigenvalue weighted by molar-refractivity contribution is 9.10. The molecule has 3 rings (SSSR count). The number of phenols is 1. The van der Waals surface area contributed by atoms with Gasteiger partial charge in [0.15, 0.2) is 0 Å². The summed E-state index contributed by atoms with van der Waals surface area (Å²) in [6.45, 7) is 0. The Kier molecular flexibility index (Phi) is 6.31. The molecule has 3 aromatic carbocycles. The van der Waals surface area contributed by atoms with E-state index in [1.165, 1.54) is 12.1 Å². The van der Waals surface area contributed by atoms with E-state index in [2.05, 4.69) is 15.9 Å². The maximum atomic E-state index is 11.4. The van der Waals surface area contributed by atoms with Gasteiger partial charge in [-0.15, -0.1) is 0 Å². The highest BCUT2D eigenvalue weighted by atomic mass is 79.9. The molecule has 1 N–H and O–H groups in total. The smallest absolute Gasteiger partial charge is 0.271 e. The summed E-state index contributed by atoms with van der Waals surface area (Å²) >= 11 is 3.27. The van der Waals surface area contributed by atoms with Crippen LogP contribution in [0.3, 0.4) is 0 Å². The Labute approximate surface area is 184 Å². The van der Waals surface area contributed by atoms with E-state index in [1.54, 1.807) is 0 Å². The van der Waals surface area contributed by atoms with E-state index >= 15 is 0 Å². The molecule has 7 heteroatoms. The number of nitro benzene ring substituents is 1. The maximum absolute atomic E-state index is 11.4. The van der Waals surface area contributed by atoms with Crippen molar-refractivity contribution in [2.75, 3.05) is 38.0 Å². The molecule has 3 aromatic rings. The molecule has 0 aliphatic heterocycles. The summed E-state index contributed by atoms with van der Waals surface area (Å²) in [5, 5.41) is 22.2. The van der Waals surface area contributed by atoms with Crippen molar-refractivity contribution in [1.82, 2.24) is 0 Å².